The minimum absolute atomic E-state index is 0.591. The van der Waals surface area contributed by atoms with Crippen molar-refractivity contribution in [1.82, 2.24) is 0 Å². The summed E-state index contributed by atoms with van der Waals surface area (Å²) in [5.41, 5.74) is 0. The summed E-state index contributed by atoms with van der Waals surface area (Å²) in [6.45, 7) is 2.96. The van der Waals surface area contributed by atoms with Gasteiger partial charge in [-0.2, -0.15) is 0 Å². The first-order valence-corrected chi connectivity index (χ1v) is 3.91. The number of carbonyl (C=O) groups is 3. The van der Waals surface area contributed by atoms with Gasteiger partial charge in [-0.15, -0.1) is 0 Å². The lowest BCUT2D eigenvalue weighted by Gasteiger charge is -1.85. The molecule has 0 aromatic heterocycles. The molecule has 0 aliphatic heterocycles. The van der Waals surface area contributed by atoms with E-state index < -0.39 is 5.97 Å². The molecule has 0 saturated heterocycles. The fraction of sp³-hybridized carbons (Fsp3) is 0.444. The normalized spacial score (nSPS) is 7.69. The first-order chi connectivity index (χ1) is 6.18. The predicted octanol–water partition coefficient (Wildman–Crippen LogP) is 1.20. The second-order valence-electron chi connectivity index (χ2n) is 2.16. The molecule has 0 spiro atoms. The van der Waals surface area contributed by atoms with Crippen LogP contribution >= 0.6 is 0 Å². The van der Waals surface area contributed by atoms with Gasteiger partial charge < -0.3 is 14.7 Å². The van der Waals surface area contributed by atoms with E-state index in [1.165, 1.54) is 0 Å². The Kier molecular flexibility index (Phi) is 14.3. The van der Waals surface area contributed by atoms with E-state index in [2.05, 4.69) is 6.58 Å². The molecule has 0 amide bonds. The molecule has 4 heteroatoms. The van der Waals surface area contributed by atoms with E-state index in [-0.39, 0.29) is 0 Å². The monoisotopic (exact) mass is 186 g/mol. The van der Waals surface area contributed by atoms with Crippen molar-refractivity contribution in [3.05, 3.63) is 12.7 Å². The van der Waals surface area contributed by atoms with E-state index in [0.29, 0.717) is 12.8 Å². The molecular weight excluding hydrogens is 172 g/mol. The summed E-state index contributed by atoms with van der Waals surface area (Å²) in [6, 6.07) is 0. The van der Waals surface area contributed by atoms with Crippen molar-refractivity contribution in [3.8, 4) is 0 Å². The summed E-state index contributed by atoms with van der Waals surface area (Å²) in [5.74, 6) is -0.981. The largest absolute Gasteiger partial charge is 0.478 e. The van der Waals surface area contributed by atoms with Gasteiger partial charge in [0.1, 0.15) is 12.6 Å². The van der Waals surface area contributed by atoms with Crippen molar-refractivity contribution in [2.75, 3.05) is 0 Å². The zero-order valence-corrected chi connectivity index (χ0v) is 7.44. The van der Waals surface area contributed by atoms with Crippen LogP contribution < -0.4 is 0 Å². The Morgan fingerprint density at radius 1 is 1.15 bits per heavy atom. The molecule has 0 unspecified atom stereocenters. The molecule has 4 nitrogen and oxygen atoms in total. The highest BCUT2D eigenvalue weighted by atomic mass is 16.4. The van der Waals surface area contributed by atoms with Crippen molar-refractivity contribution in [2.24, 2.45) is 0 Å². The van der Waals surface area contributed by atoms with Gasteiger partial charge in [0.25, 0.3) is 0 Å². The molecule has 0 aliphatic carbocycles. The van der Waals surface area contributed by atoms with Crippen LogP contribution in [0.3, 0.4) is 0 Å². The van der Waals surface area contributed by atoms with Crippen LogP contribution in [0.1, 0.15) is 25.7 Å². The number of carbonyl (C=O) groups excluding carboxylic acids is 2. The average Bonchev–Trinajstić information content (AvgIpc) is 2.14. The van der Waals surface area contributed by atoms with Crippen LogP contribution in [0.15, 0.2) is 12.7 Å². The Morgan fingerprint density at radius 3 is 1.62 bits per heavy atom. The third-order valence-corrected chi connectivity index (χ3v) is 1.07. The molecule has 0 rings (SSSR count). The van der Waals surface area contributed by atoms with E-state index in [9.17, 15) is 14.4 Å². The number of hydrogen-bond donors (Lipinski definition) is 1. The molecule has 1 N–H and O–H groups in total. The van der Waals surface area contributed by atoms with Crippen molar-refractivity contribution in [3.63, 3.8) is 0 Å². The minimum atomic E-state index is -0.981. The third kappa shape index (κ3) is 25.0. The second kappa shape index (κ2) is 13.2. The summed E-state index contributed by atoms with van der Waals surface area (Å²) in [6.07, 6.45) is 5.47. The zero-order valence-electron chi connectivity index (χ0n) is 7.44. The number of aliphatic carboxylic acids is 1. The standard InChI is InChI=1S/C6H10O2.C3H4O2/c7-5-3-1-2-4-6-8;1-2-3(4)5/h5-6H,1-4H2;2H,1H2,(H,4,5). The summed E-state index contributed by atoms with van der Waals surface area (Å²) < 4.78 is 0. The molecule has 0 saturated carbocycles. The van der Waals surface area contributed by atoms with Gasteiger partial charge >= 0.3 is 5.97 Å². The molecule has 0 bridgehead atoms. The maximum Gasteiger partial charge on any atom is 0.327 e. The van der Waals surface area contributed by atoms with E-state index in [4.69, 9.17) is 5.11 Å². The van der Waals surface area contributed by atoms with Crippen molar-refractivity contribution >= 4 is 18.5 Å². The van der Waals surface area contributed by atoms with Crippen LogP contribution in [0.2, 0.25) is 0 Å². The maximum atomic E-state index is 9.68. The SMILES string of the molecule is C=CC(=O)O.O=CCCCCC=O. The number of carboxylic acids is 1. The van der Waals surface area contributed by atoms with Gasteiger partial charge in [0.15, 0.2) is 0 Å². The number of carboxylic acid groups (broad SMARTS) is 1. The number of aldehydes is 2. The van der Waals surface area contributed by atoms with Crippen LogP contribution in [0, 0.1) is 0 Å². The van der Waals surface area contributed by atoms with Crippen molar-refractivity contribution < 1.29 is 19.5 Å². The predicted molar refractivity (Wildman–Crippen MR) is 48.4 cm³/mol. The van der Waals surface area contributed by atoms with Crippen LogP contribution in [0.25, 0.3) is 0 Å². The molecule has 74 valence electrons. The smallest absolute Gasteiger partial charge is 0.327 e. The summed E-state index contributed by atoms with van der Waals surface area (Å²) >= 11 is 0. The van der Waals surface area contributed by atoms with Crippen LogP contribution in [-0.2, 0) is 14.4 Å². The highest BCUT2D eigenvalue weighted by Gasteiger charge is 1.83. The molecule has 0 aliphatic rings. The Balaban J connectivity index is 0. The van der Waals surface area contributed by atoms with Crippen LogP contribution in [-0.4, -0.2) is 23.6 Å². The number of unbranched alkanes of at least 4 members (excludes halogenated alkanes) is 3. The van der Waals surface area contributed by atoms with Gasteiger partial charge in [0.2, 0.25) is 0 Å². The van der Waals surface area contributed by atoms with E-state index in [1.807, 2.05) is 0 Å². The maximum absolute atomic E-state index is 9.68. The Hall–Kier alpha value is -1.45. The Labute approximate surface area is 77.3 Å². The number of rotatable bonds is 6. The fourth-order valence-corrected chi connectivity index (χ4v) is 0.455. The molecule has 0 fully saturated rings. The lowest BCUT2D eigenvalue weighted by Crippen LogP contribution is -1.82. The van der Waals surface area contributed by atoms with Crippen LogP contribution in [0.4, 0.5) is 0 Å². The molecule has 0 atom stereocenters. The lowest BCUT2D eigenvalue weighted by molar-refractivity contribution is -0.131. The Morgan fingerprint density at radius 2 is 1.46 bits per heavy atom. The highest BCUT2D eigenvalue weighted by Crippen LogP contribution is 1.93. The van der Waals surface area contributed by atoms with Crippen molar-refractivity contribution in [1.29, 1.82) is 0 Å². The summed E-state index contributed by atoms with van der Waals surface area (Å²) in [5, 5.41) is 7.60. The summed E-state index contributed by atoms with van der Waals surface area (Å²) in [7, 11) is 0. The van der Waals surface area contributed by atoms with Gasteiger partial charge in [0, 0.05) is 18.9 Å². The molecule has 0 radical (unpaired) electrons. The van der Waals surface area contributed by atoms with Gasteiger partial charge in [-0.05, 0) is 12.8 Å². The van der Waals surface area contributed by atoms with Crippen molar-refractivity contribution in [2.45, 2.75) is 25.7 Å². The van der Waals surface area contributed by atoms with E-state index in [0.717, 1.165) is 31.5 Å². The van der Waals surface area contributed by atoms with Gasteiger partial charge in [-0.3, -0.25) is 0 Å². The average molecular weight is 186 g/mol. The lowest BCUT2D eigenvalue weighted by atomic mass is 10.2. The first-order valence-electron chi connectivity index (χ1n) is 3.91. The van der Waals surface area contributed by atoms with Gasteiger partial charge in [-0.25, -0.2) is 4.79 Å². The quantitative estimate of drug-likeness (QED) is 0.384. The molecule has 0 aromatic rings. The molecule has 0 heterocycles. The van der Waals surface area contributed by atoms with Crippen LogP contribution in [0.5, 0.6) is 0 Å². The molecule has 13 heavy (non-hydrogen) atoms. The van der Waals surface area contributed by atoms with E-state index in [1.54, 1.807) is 0 Å². The molecular formula is C9H14O4. The number of hydrogen-bond acceptors (Lipinski definition) is 3. The zero-order chi connectivity index (χ0) is 10.5. The first kappa shape index (κ1) is 14.1. The van der Waals surface area contributed by atoms with E-state index >= 15 is 0 Å². The third-order valence-electron chi connectivity index (χ3n) is 1.07. The second-order valence-corrected chi connectivity index (χ2v) is 2.16. The minimum Gasteiger partial charge on any atom is -0.478 e. The van der Waals surface area contributed by atoms with Gasteiger partial charge in [0.05, 0.1) is 0 Å². The highest BCUT2D eigenvalue weighted by molar-refractivity contribution is 5.78. The Bertz CT molecular complexity index is 153. The fourth-order valence-electron chi connectivity index (χ4n) is 0.455. The molecule has 0 aromatic carbocycles. The van der Waals surface area contributed by atoms with Gasteiger partial charge in [-0.1, -0.05) is 6.58 Å². The topological polar surface area (TPSA) is 71.4 Å². The summed E-state index contributed by atoms with van der Waals surface area (Å²) in [4.78, 5) is 28.6.